The molecule has 3 nitrogen and oxygen atoms in total. The smallest absolute Gasteiger partial charge is 0.220 e. The summed E-state index contributed by atoms with van der Waals surface area (Å²) in [6, 6.07) is 1.87. The van der Waals surface area contributed by atoms with E-state index in [4.69, 9.17) is 23.2 Å². The van der Waals surface area contributed by atoms with Gasteiger partial charge in [0.1, 0.15) is 0 Å². The lowest BCUT2D eigenvalue weighted by atomic mass is 10.1. The van der Waals surface area contributed by atoms with Crippen molar-refractivity contribution in [1.29, 1.82) is 0 Å². The first kappa shape index (κ1) is 19.0. The van der Waals surface area contributed by atoms with Crippen LogP contribution in [0.2, 0.25) is 8.67 Å². The highest BCUT2D eigenvalue weighted by Crippen LogP contribution is 2.31. The van der Waals surface area contributed by atoms with Crippen molar-refractivity contribution in [3.63, 3.8) is 0 Å². The maximum atomic E-state index is 11.5. The zero-order valence-electron chi connectivity index (χ0n) is 10.8. The highest BCUT2D eigenvalue weighted by Gasteiger charge is 2.07. The number of hydrogen-bond acceptors (Lipinski definition) is 3. The molecule has 0 saturated heterocycles. The molecule has 0 spiro atoms. The van der Waals surface area contributed by atoms with Crippen molar-refractivity contribution >= 4 is 52.9 Å². The molecule has 1 aromatic heterocycles. The molecule has 0 saturated carbocycles. The van der Waals surface area contributed by atoms with E-state index < -0.39 is 0 Å². The van der Waals surface area contributed by atoms with Gasteiger partial charge in [0.25, 0.3) is 0 Å². The lowest BCUT2D eigenvalue weighted by Gasteiger charge is -2.04. The molecular formula is C12H19Cl3N2OS. The fourth-order valence-corrected chi connectivity index (χ4v) is 3.11. The number of rotatable bonds is 8. The minimum atomic E-state index is 0. The molecule has 0 unspecified atom stereocenters. The van der Waals surface area contributed by atoms with Gasteiger partial charge in [-0.25, -0.2) is 0 Å². The van der Waals surface area contributed by atoms with Crippen molar-refractivity contribution in [2.45, 2.75) is 25.7 Å². The first-order chi connectivity index (χ1) is 8.63. The predicted molar refractivity (Wildman–Crippen MR) is 86.1 cm³/mol. The number of thiophene rings is 1. The minimum absolute atomic E-state index is 0. The Labute approximate surface area is 134 Å². The first-order valence-electron chi connectivity index (χ1n) is 5.98. The molecule has 0 fully saturated rings. The van der Waals surface area contributed by atoms with E-state index in [0.29, 0.717) is 10.8 Å². The minimum Gasteiger partial charge on any atom is -0.356 e. The highest BCUT2D eigenvalue weighted by atomic mass is 35.5. The van der Waals surface area contributed by atoms with Gasteiger partial charge in [0.15, 0.2) is 0 Å². The Hall–Kier alpha value is -0.000000000000000222. The van der Waals surface area contributed by atoms with Gasteiger partial charge in [0.05, 0.1) is 8.67 Å². The van der Waals surface area contributed by atoms with Gasteiger partial charge in [-0.2, -0.15) is 0 Å². The summed E-state index contributed by atoms with van der Waals surface area (Å²) in [7, 11) is 1.90. The zero-order valence-corrected chi connectivity index (χ0v) is 13.9. The molecule has 0 aliphatic heterocycles. The van der Waals surface area contributed by atoms with Crippen LogP contribution in [0.3, 0.4) is 0 Å². The Morgan fingerprint density at radius 3 is 2.63 bits per heavy atom. The maximum absolute atomic E-state index is 11.5. The molecule has 0 aliphatic rings. The highest BCUT2D eigenvalue weighted by molar-refractivity contribution is 7.20. The molecule has 0 bridgehead atoms. The second-order valence-electron chi connectivity index (χ2n) is 4.01. The standard InChI is InChI=1S/C12H18Cl2N2OS.ClH/c1-15-6-3-7-16-11(17)5-2-4-9-8-10(13)18-12(9)14;/h8,15H,2-7H2,1H3,(H,16,17);1H. The third-order valence-corrected chi connectivity index (χ3v) is 4.07. The van der Waals surface area contributed by atoms with Crippen LogP contribution in [-0.2, 0) is 11.2 Å². The quantitative estimate of drug-likeness (QED) is 0.708. The average molecular weight is 346 g/mol. The van der Waals surface area contributed by atoms with Crippen molar-refractivity contribution in [3.8, 4) is 0 Å². The lowest BCUT2D eigenvalue weighted by Crippen LogP contribution is -2.26. The molecule has 2 N–H and O–H groups in total. The average Bonchev–Trinajstić information content (AvgIpc) is 2.64. The number of carbonyl (C=O) groups is 1. The van der Waals surface area contributed by atoms with Crippen molar-refractivity contribution in [2.24, 2.45) is 0 Å². The fourth-order valence-electron chi connectivity index (χ4n) is 1.57. The van der Waals surface area contributed by atoms with E-state index in [-0.39, 0.29) is 18.3 Å². The van der Waals surface area contributed by atoms with Crippen LogP contribution in [0.5, 0.6) is 0 Å². The number of nitrogens with one attached hydrogen (secondary N) is 2. The molecule has 0 radical (unpaired) electrons. The van der Waals surface area contributed by atoms with Crippen LogP contribution in [0.15, 0.2) is 6.07 Å². The summed E-state index contributed by atoms with van der Waals surface area (Å²) in [5, 5.41) is 5.93. The van der Waals surface area contributed by atoms with E-state index in [1.165, 1.54) is 11.3 Å². The summed E-state index contributed by atoms with van der Waals surface area (Å²) >= 11 is 13.2. The summed E-state index contributed by atoms with van der Waals surface area (Å²) in [5.41, 5.74) is 1.04. The van der Waals surface area contributed by atoms with Gasteiger partial charge in [-0.15, -0.1) is 23.7 Å². The van der Waals surface area contributed by atoms with Gasteiger partial charge in [0, 0.05) is 13.0 Å². The molecule has 110 valence electrons. The van der Waals surface area contributed by atoms with E-state index in [2.05, 4.69) is 10.6 Å². The van der Waals surface area contributed by atoms with Crippen molar-refractivity contribution < 1.29 is 4.79 Å². The number of amides is 1. The van der Waals surface area contributed by atoms with Crippen LogP contribution in [0.1, 0.15) is 24.8 Å². The number of hydrogen-bond donors (Lipinski definition) is 2. The Bertz CT molecular complexity index is 385. The van der Waals surface area contributed by atoms with Gasteiger partial charge in [-0.1, -0.05) is 23.2 Å². The van der Waals surface area contributed by atoms with Crippen LogP contribution in [0.4, 0.5) is 0 Å². The first-order valence-corrected chi connectivity index (χ1v) is 7.55. The van der Waals surface area contributed by atoms with E-state index >= 15 is 0 Å². The molecule has 1 heterocycles. The van der Waals surface area contributed by atoms with Crippen LogP contribution >= 0.6 is 46.9 Å². The third kappa shape index (κ3) is 8.00. The second kappa shape index (κ2) is 10.7. The Kier molecular flexibility index (Phi) is 10.7. The SMILES string of the molecule is CNCCCNC(=O)CCCc1cc(Cl)sc1Cl.Cl. The van der Waals surface area contributed by atoms with Crippen molar-refractivity contribution in [3.05, 3.63) is 20.3 Å². The van der Waals surface area contributed by atoms with Crippen molar-refractivity contribution in [2.75, 3.05) is 20.1 Å². The summed E-state index contributed by atoms with van der Waals surface area (Å²) in [6.45, 7) is 1.65. The van der Waals surface area contributed by atoms with Crippen molar-refractivity contribution in [1.82, 2.24) is 10.6 Å². The molecule has 1 amide bonds. The summed E-state index contributed by atoms with van der Waals surface area (Å²) in [6.07, 6.45) is 3.08. The molecule has 0 aliphatic carbocycles. The fraction of sp³-hybridized carbons (Fsp3) is 0.583. The van der Waals surface area contributed by atoms with Gasteiger partial charge in [0.2, 0.25) is 5.91 Å². The van der Waals surface area contributed by atoms with Crippen LogP contribution in [0.25, 0.3) is 0 Å². The molecular weight excluding hydrogens is 327 g/mol. The van der Waals surface area contributed by atoms with Gasteiger partial charge in [-0.05, 0) is 44.5 Å². The Morgan fingerprint density at radius 2 is 2.05 bits per heavy atom. The normalized spacial score (nSPS) is 10.1. The van der Waals surface area contributed by atoms with Crippen LogP contribution in [-0.4, -0.2) is 26.0 Å². The lowest BCUT2D eigenvalue weighted by molar-refractivity contribution is -0.121. The summed E-state index contributed by atoms with van der Waals surface area (Å²) in [4.78, 5) is 11.5. The molecule has 19 heavy (non-hydrogen) atoms. The summed E-state index contributed by atoms with van der Waals surface area (Å²) < 4.78 is 1.43. The van der Waals surface area contributed by atoms with Gasteiger partial charge >= 0.3 is 0 Å². The summed E-state index contributed by atoms with van der Waals surface area (Å²) in [5.74, 6) is 0.101. The van der Waals surface area contributed by atoms with E-state index in [9.17, 15) is 4.79 Å². The second-order valence-corrected chi connectivity index (χ2v) is 6.30. The number of halogens is 3. The number of carbonyl (C=O) groups excluding carboxylic acids is 1. The van der Waals surface area contributed by atoms with Crippen LogP contribution in [0, 0.1) is 0 Å². The van der Waals surface area contributed by atoms with E-state index in [1.807, 2.05) is 13.1 Å². The zero-order chi connectivity index (χ0) is 13.4. The van der Waals surface area contributed by atoms with E-state index in [0.717, 1.165) is 42.3 Å². The largest absolute Gasteiger partial charge is 0.356 e. The molecule has 7 heteroatoms. The molecule has 1 rings (SSSR count). The molecule has 0 atom stereocenters. The van der Waals surface area contributed by atoms with E-state index in [1.54, 1.807) is 0 Å². The monoisotopic (exact) mass is 344 g/mol. The number of aryl methyl sites for hydroxylation is 1. The molecule has 1 aromatic rings. The Morgan fingerprint density at radius 1 is 1.32 bits per heavy atom. The maximum Gasteiger partial charge on any atom is 0.220 e. The van der Waals surface area contributed by atoms with Gasteiger partial charge < -0.3 is 10.6 Å². The predicted octanol–water partition coefficient (Wildman–Crippen LogP) is 3.53. The Balaban J connectivity index is 0.00000324. The topological polar surface area (TPSA) is 41.1 Å². The van der Waals surface area contributed by atoms with Gasteiger partial charge in [-0.3, -0.25) is 4.79 Å². The molecule has 0 aromatic carbocycles. The third-order valence-electron chi connectivity index (χ3n) is 2.50. The van der Waals surface area contributed by atoms with Crippen LogP contribution < -0.4 is 10.6 Å².